The van der Waals surface area contributed by atoms with Crippen LogP contribution in [0.15, 0.2) is 72.9 Å². The monoisotopic (exact) mass is 1080 g/mol. The van der Waals surface area contributed by atoms with Crippen LogP contribution in [0.5, 0.6) is 0 Å². The van der Waals surface area contributed by atoms with Gasteiger partial charge in [0.05, 0.1) is 6.61 Å². The molecule has 0 spiro atoms. The minimum atomic E-state index is -1.91. The Kier molecular flexibility index (Phi) is 48.8. The van der Waals surface area contributed by atoms with Crippen molar-refractivity contribution in [3.63, 3.8) is 0 Å². The van der Waals surface area contributed by atoms with Gasteiger partial charge in [0.15, 0.2) is 24.6 Å². The first-order chi connectivity index (χ1) is 37.6. The largest absolute Gasteiger partial charge is 0.479 e. The fourth-order valence-corrected chi connectivity index (χ4v) is 8.98. The predicted molar refractivity (Wildman–Crippen MR) is 312 cm³/mol. The second-order valence-corrected chi connectivity index (χ2v) is 20.9. The molecule has 0 bridgehead atoms. The summed E-state index contributed by atoms with van der Waals surface area (Å²) in [4.78, 5) is 51.2. The van der Waals surface area contributed by atoms with E-state index in [9.17, 15) is 34.5 Å². The molecule has 0 aromatic heterocycles. The zero-order chi connectivity index (χ0) is 56.1. The van der Waals surface area contributed by atoms with Gasteiger partial charge < -0.3 is 39.0 Å². The topological polar surface area (TPSA) is 175 Å². The van der Waals surface area contributed by atoms with E-state index in [1.54, 1.807) is 0 Å². The molecule has 1 aliphatic heterocycles. The van der Waals surface area contributed by atoms with Crippen LogP contribution in [0.3, 0.4) is 0 Å². The lowest BCUT2D eigenvalue weighted by atomic mass is 9.98. The Labute approximate surface area is 468 Å². The van der Waals surface area contributed by atoms with Crippen molar-refractivity contribution in [2.45, 2.75) is 302 Å². The van der Waals surface area contributed by atoms with E-state index >= 15 is 0 Å². The Bertz CT molecular complexity index is 1620. The number of aliphatic hydroxyl groups is 2. The van der Waals surface area contributed by atoms with Gasteiger partial charge >= 0.3 is 23.9 Å². The smallest absolute Gasteiger partial charge is 0.335 e. The third-order valence-corrected chi connectivity index (χ3v) is 13.7. The van der Waals surface area contributed by atoms with Crippen molar-refractivity contribution in [2.75, 3.05) is 13.2 Å². The van der Waals surface area contributed by atoms with Gasteiger partial charge in [0.25, 0.3) is 0 Å². The molecule has 12 heteroatoms. The summed E-state index contributed by atoms with van der Waals surface area (Å²) in [6, 6.07) is 0. The number of hydrogen-bond donors (Lipinski definition) is 3. The highest BCUT2D eigenvalue weighted by Gasteiger charge is 2.50. The van der Waals surface area contributed by atoms with E-state index < -0.39 is 67.3 Å². The van der Waals surface area contributed by atoms with Gasteiger partial charge in [-0.1, -0.05) is 216 Å². The van der Waals surface area contributed by atoms with Crippen molar-refractivity contribution in [1.82, 2.24) is 0 Å². The van der Waals surface area contributed by atoms with Crippen LogP contribution in [0, 0.1) is 0 Å². The Morgan fingerprint density at radius 1 is 0.442 bits per heavy atom. The average molecular weight is 1080 g/mol. The maximum Gasteiger partial charge on any atom is 0.335 e. The van der Waals surface area contributed by atoms with E-state index in [1.807, 2.05) is 0 Å². The van der Waals surface area contributed by atoms with E-state index in [0.717, 1.165) is 135 Å². The summed E-state index contributed by atoms with van der Waals surface area (Å²) in [6.07, 6.45) is 54.4. The van der Waals surface area contributed by atoms with E-state index in [2.05, 4.69) is 93.7 Å². The molecular formula is C65H110O12. The van der Waals surface area contributed by atoms with Gasteiger partial charge in [-0.25, -0.2) is 4.79 Å². The summed E-state index contributed by atoms with van der Waals surface area (Å²) in [5.41, 5.74) is 0. The van der Waals surface area contributed by atoms with Crippen molar-refractivity contribution in [3.8, 4) is 0 Å². The summed E-state index contributed by atoms with van der Waals surface area (Å²) >= 11 is 0. The van der Waals surface area contributed by atoms with E-state index in [4.69, 9.17) is 23.7 Å². The summed E-state index contributed by atoms with van der Waals surface area (Å²) in [5, 5.41) is 31.5. The maximum absolute atomic E-state index is 13.2. The third kappa shape index (κ3) is 42.7. The number of ether oxygens (including phenoxy) is 5. The van der Waals surface area contributed by atoms with Gasteiger partial charge in [-0.15, -0.1) is 0 Å². The number of aliphatic carboxylic acids is 1. The fraction of sp³-hybridized carbons (Fsp3) is 0.754. The quantitative estimate of drug-likeness (QED) is 0.0228. The number of rotatable bonds is 52. The number of unbranched alkanes of at least 4 members (excludes halogenated alkanes) is 26. The fourth-order valence-electron chi connectivity index (χ4n) is 8.98. The van der Waals surface area contributed by atoms with Crippen molar-refractivity contribution in [3.05, 3.63) is 72.9 Å². The molecule has 6 unspecified atom stereocenters. The van der Waals surface area contributed by atoms with Crippen molar-refractivity contribution >= 4 is 23.9 Å². The second kappa shape index (κ2) is 52.8. The van der Waals surface area contributed by atoms with Gasteiger partial charge in [0.1, 0.15) is 18.8 Å². The Morgan fingerprint density at radius 3 is 1.30 bits per heavy atom. The number of carbonyl (C=O) groups is 4. The number of esters is 3. The standard InChI is InChI=1S/C65H110O12/c1-4-7-10-13-16-19-22-24-26-28-29-31-32-34-37-39-42-45-48-51-57(66)73-54-56(75-58(67)52-49-46-43-41-38-35-33-30-27-25-23-20-17-14-11-8-5-2)55-74-65-63(61(70)60(69)62(77-65)64(71)72)76-59(68)53-50-47-44-40-36-21-18-15-12-9-6-3/h7,10,15-16,18-19,24-27,29,31,56,60-63,65,69-70H,4-6,8-9,11-14,17,20-23,28,30,32-55H2,1-3H3,(H,71,72)/b10-7-,18-15-,19-16-,26-24-,27-25-,31-29-. The number of carboxylic acids is 1. The SMILES string of the molecule is CC/C=C\C/C=C\C/C=C\C/C=C\CCCCCCCCC(=O)OCC(COC1OC(C(=O)O)C(O)C(O)C1OC(=O)CCCCCCC/C=C\CCCC)OC(=O)CCCCCCCCC/C=C\CCCCCCCC. The molecular weight excluding hydrogens is 973 g/mol. The lowest BCUT2D eigenvalue weighted by molar-refractivity contribution is -0.301. The van der Waals surface area contributed by atoms with Crippen LogP contribution in [0.25, 0.3) is 0 Å². The van der Waals surface area contributed by atoms with Gasteiger partial charge in [0.2, 0.25) is 0 Å². The zero-order valence-electron chi connectivity index (χ0n) is 48.7. The molecule has 0 aromatic rings. The first kappa shape index (κ1) is 71.2. The molecule has 0 aliphatic carbocycles. The molecule has 6 atom stereocenters. The summed E-state index contributed by atoms with van der Waals surface area (Å²) in [6.45, 7) is 5.82. The second-order valence-electron chi connectivity index (χ2n) is 20.9. The zero-order valence-corrected chi connectivity index (χ0v) is 48.7. The summed E-state index contributed by atoms with van der Waals surface area (Å²) < 4.78 is 28.4. The Hall–Kier alpha value is -3.84. The molecule has 0 radical (unpaired) electrons. The summed E-state index contributed by atoms with van der Waals surface area (Å²) in [5.74, 6) is -3.15. The minimum absolute atomic E-state index is 0.0468. The molecule has 0 aromatic carbocycles. The van der Waals surface area contributed by atoms with Gasteiger partial charge in [-0.05, 0) is 103 Å². The van der Waals surface area contributed by atoms with Crippen LogP contribution in [-0.4, -0.2) is 89.2 Å². The van der Waals surface area contributed by atoms with Crippen LogP contribution in [-0.2, 0) is 42.9 Å². The number of carbonyl (C=O) groups excluding carboxylic acids is 3. The molecule has 77 heavy (non-hydrogen) atoms. The van der Waals surface area contributed by atoms with E-state index in [-0.39, 0.29) is 25.9 Å². The van der Waals surface area contributed by atoms with Crippen molar-refractivity contribution in [2.24, 2.45) is 0 Å². The predicted octanol–water partition coefficient (Wildman–Crippen LogP) is 16.1. The van der Waals surface area contributed by atoms with Crippen LogP contribution in [0.2, 0.25) is 0 Å². The number of carboxylic acid groups (broad SMARTS) is 1. The van der Waals surface area contributed by atoms with Crippen LogP contribution < -0.4 is 0 Å². The van der Waals surface area contributed by atoms with Gasteiger partial charge in [-0.2, -0.15) is 0 Å². The van der Waals surface area contributed by atoms with Crippen LogP contribution in [0.1, 0.15) is 265 Å². The van der Waals surface area contributed by atoms with Crippen molar-refractivity contribution < 1.29 is 58.2 Å². The highest BCUT2D eigenvalue weighted by atomic mass is 16.7. The first-order valence-corrected chi connectivity index (χ1v) is 30.9. The molecule has 1 aliphatic rings. The number of aliphatic hydroxyl groups excluding tert-OH is 2. The summed E-state index contributed by atoms with van der Waals surface area (Å²) in [7, 11) is 0. The Balaban J connectivity index is 2.68. The molecule has 0 amide bonds. The van der Waals surface area contributed by atoms with E-state index in [0.29, 0.717) is 19.3 Å². The van der Waals surface area contributed by atoms with Gasteiger partial charge in [-0.3, -0.25) is 14.4 Å². The van der Waals surface area contributed by atoms with Crippen molar-refractivity contribution in [1.29, 1.82) is 0 Å². The van der Waals surface area contributed by atoms with Crippen LogP contribution in [0.4, 0.5) is 0 Å². The van der Waals surface area contributed by atoms with E-state index in [1.165, 1.54) is 70.6 Å². The molecule has 442 valence electrons. The average Bonchev–Trinajstić information content (AvgIpc) is 3.42. The molecule has 1 fully saturated rings. The molecule has 1 rings (SSSR count). The third-order valence-electron chi connectivity index (χ3n) is 13.7. The number of allylic oxidation sites excluding steroid dienone is 12. The molecule has 1 heterocycles. The first-order valence-electron chi connectivity index (χ1n) is 30.9. The Morgan fingerprint density at radius 2 is 0.831 bits per heavy atom. The van der Waals surface area contributed by atoms with Crippen LogP contribution >= 0.6 is 0 Å². The molecule has 3 N–H and O–H groups in total. The highest BCUT2D eigenvalue weighted by molar-refractivity contribution is 5.74. The minimum Gasteiger partial charge on any atom is -0.479 e. The lowest BCUT2D eigenvalue weighted by Gasteiger charge is -2.40. The van der Waals surface area contributed by atoms with Gasteiger partial charge in [0, 0.05) is 19.3 Å². The molecule has 12 nitrogen and oxygen atoms in total. The lowest BCUT2D eigenvalue weighted by Crippen LogP contribution is -2.61. The molecule has 1 saturated heterocycles. The highest BCUT2D eigenvalue weighted by Crippen LogP contribution is 2.26. The maximum atomic E-state index is 13.2. The molecule has 0 saturated carbocycles. The number of hydrogen-bond acceptors (Lipinski definition) is 11. The normalized spacial score (nSPS) is 18.5.